The number of hydrogen-bond acceptors (Lipinski definition) is 8. The summed E-state index contributed by atoms with van der Waals surface area (Å²) in [6.45, 7) is 2.05. The summed E-state index contributed by atoms with van der Waals surface area (Å²) < 4.78 is 1.52. The van der Waals surface area contributed by atoms with Crippen molar-refractivity contribution < 1.29 is 0 Å². The monoisotopic (exact) mass is 360 g/mol. The molecule has 0 spiro atoms. The van der Waals surface area contributed by atoms with E-state index in [9.17, 15) is 0 Å². The second-order valence-electron chi connectivity index (χ2n) is 4.69. The Morgan fingerprint density at radius 1 is 1.17 bits per heavy atom. The van der Waals surface area contributed by atoms with E-state index in [1.54, 1.807) is 22.7 Å². The van der Waals surface area contributed by atoms with Crippen LogP contribution in [0, 0.1) is 0 Å². The van der Waals surface area contributed by atoms with E-state index in [4.69, 9.17) is 5.84 Å². The summed E-state index contributed by atoms with van der Waals surface area (Å²) in [6, 6.07) is 5.97. The zero-order chi connectivity index (χ0) is 15.8. The van der Waals surface area contributed by atoms with E-state index in [0.29, 0.717) is 11.0 Å². The van der Waals surface area contributed by atoms with Crippen molar-refractivity contribution in [3.05, 3.63) is 34.8 Å². The smallest absolute Gasteiger partial charge is 0.216 e. The fourth-order valence-corrected chi connectivity index (χ4v) is 4.53. The van der Waals surface area contributed by atoms with Crippen LogP contribution < -0.4 is 5.84 Å². The van der Waals surface area contributed by atoms with Crippen molar-refractivity contribution in [3.63, 3.8) is 0 Å². The molecule has 9 heteroatoms. The molecule has 0 radical (unpaired) electrons. The molecule has 0 amide bonds. The molecule has 0 fully saturated rings. The van der Waals surface area contributed by atoms with Crippen molar-refractivity contribution in [2.75, 3.05) is 5.84 Å². The van der Waals surface area contributed by atoms with Gasteiger partial charge in [0.25, 0.3) is 0 Å². The van der Waals surface area contributed by atoms with Crippen molar-refractivity contribution in [2.45, 2.75) is 23.5 Å². The maximum atomic E-state index is 6.17. The Balaban J connectivity index is 1.75. The van der Waals surface area contributed by atoms with Crippen molar-refractivity contribution in [1.29, 1.82) is 0 Å². The Kier molecular flexibility index (Phi) is 3.76. The van der Waals surface area contributed by atoms with E-state index < -0.39 is 0 Å². The summed E-state index contributed by atoms with van der Waals surface area (Å²) in [5.74, 6) is 7.65. The Morgan fingerprint density at radius 3 is 2.87 bits per heavy atom. The molecule has 0 saturated carbocycles. The number of thiophene rings is 2. The summed E-state index contributed by atoms with van der Waals surface area (Å²) in [4.78, 5) is 11.1. The van der Waals surface area contributed by atoms with Gasteiger partial charge in [0.15, 0.2) is 5.82 Å². The molecular formula is C14H12N6S3. The Morgan fingerprint density at radius 2 is 2.09 bits per heavy atom. The van der Waals surface area contributed by atoms with Gasteiger partial charge in [0.05, 0.1) is 4.88 Å². The molecule has 0 saturated heterocycles. The van der Waals surface area contributed by atoms with Gasteiger partial charge in [-0.2, -0.15) is 0 Å². The maximum Gasteiger partial charge on any atom is 0.216 e. The van der Waals surface area contributed by atoms with E-state index in [1.807, 2.05) is 35.9 Å². The number of rotatable bonds is 4. The van der Waals surface area contributed by atoms with E-state index in [0.717, 1.165) is 32.4 Å². The summed E-state index contributed by atoms with van der Waals surface area (Å²) in [5, 5.41) is 14.9. The lowest BCUT2D eigenvalue weighted by Crippen LogP contribution is -2.11. The number of aryl methyl sites for hydroxylation is 1. The van der Waals surface area contributed by atoms with Crippen LogP contribution in [0.15, 0.2) is 39.1 Å². The first-order valence-corrected chi connectivity index (χ1v) is 9.50. The van der Waals surface area contributed by atoms with Gasteiger partial charge in [0.2, 0.25) is 5.16 Å². The van der Waals surface area contributed by atoms with E-state index >= 15 is 0 Å². The molecule has 0 atom stereocenters. The first kappa shape index (κ1) is 14.6. The van der Waals surface area contributed by atoms with Gasteiger partial charge in [-0.05, 0) is 34.7 Å². The quantitative estimate of drug-likeness (QED) is 0.443. The molecule has 0 unspecified atom stereocenters. The third kappa shape index (κ3) is 2.60. The number of fused-ring (bicyclic) bond motifs is 1. The number of nitrogen functional groups attached to an aromatic ring is 1. The molecule has 0 aliphatic rings. The molecule has 116 valence electrons. The summed E-state index contributed by atoms with van der Waals surface area (Å²) in [6.07, 6.45) is 0.789. The van der Waals surface area contributed by atoms with Gasteiger partial charge in [0.1, 0.15) is 15.7 Å². The van der Waals surface area contributed by atoms with Crippen molar-refractivity contribution in [1.82, 2.24) is 24.8 Å². The highest BCUT2D eigenvalue weighted by Gasteiger charge is 2.17. The minimum absolute atomic E-state index is 0.613. The van der Waals surface area contributed by atoms with Crippen molar-refractivity contribution in [3.8, 4) is 10.7 Å². The third-order valence-electron chi connectivity index (χ3n) is 3.25. The highest BCUT2D eigenvalue weighted by atomic mass is 32.2. The third-order valence-corrected chi connectivity index (χ3v) is 5.88. The highest BCUT2D eigenvalue weighted by Crippen LogP contribution is 2.34. The molecule has 2 N–H and O–H groups in total. The molecule has 0 bridgehead atoms. The summed E-state index contributed by atoms with van der Waals surface area (Å²) >= 11 is 4.62. The van der Waals surface area contributed by atoms with Crippen LogP contribution >= 0.6 is 34.4 Å². The van der Waals surface area contributed by atoms with Gasteiger partial charge in [0, 0.05) is 11.8 Å². The Hall–Kier alpha value is -1.97. The average molecular weight is 360 g/mol. The summed E-state index contributed by atoms with van der Waals surface area (Å²) in [7, 11) is 0. The van der Waals surface area contributed by atoms with Crippen LogP contribution in [-0.4, -0.2) is 24.8 Å². The molecule has 4 rings (SSSR count). The zero-order valence-electron chi connectivity index (χ0n) is 12.1. The fourth-order valence-electron chi connectivity index (χ4n) is 2.11. The zero-order valence-corrected chi connectivity index (χ0v) is 14.6. The normalized spacial score (nSPS) is 11.3. The van der Waals surface area contributed by atoms with Crippen LogP contribution in [0.4, 0.5) is 0 Å². The lowest BCUT2D eigenvalue weighted by atomic mass is 10.4. The van der Waals surface area contributed by atoms with Gasteiger partial charge < -0.3 is 5.84 Å². The average Bonchev–Trinajstić information content (AvgIpc) is 3.28. The molecule has 23 heavy (non-hydrogen) atoms. The van der Waals surface area contributed by atoms with E-state index in [-0.39, 0.29) is 0 Å². The topological polar surface area (TPSA) is 82.5 Å². The van der Waals surface area contributed by atoms with Gasteiger partial charge in [-0.15, -0.1) is 32.9 Å². The second-order valence-corrected chi connectivity index (χ2v) is 7.49. The number of aromatic nitrogens is 5. The van der Waals surface area contributed by atoms with Crippen LogP contribution in [-0.2, 0) is 6.42 Å². The Bertz CT molecular complexity index is 956. The molecule has 0 aromatic carbocycles. The van der Waals surface area contributed by atoms with Crippen LogP contribution in [0.1, 0.15) is 12.7 Å². The van der Waals surface area contributed by atoms with E-state index in [2.05, 4.69) is 20.2 Å². The number of hydrogen-bond donors (Lipinski definition) is 1. The van der Waals surface area contributed by atoms with Crippen LogP contribution in [0.5, 0.6) is 0 Å². The predicted octanol–water partition coefficient (Wildman–Crippen LogP) is 3.44. The van der Waals surface area contributed by atoms with Gasteiger partial charge in [-0.1, -0.05) is 13.0 Å². The van der Waals surface area contributed by atoms with Crippen LogP contribution in [0.2, 0.25) is 0 Å². The van der Waals surface area contributed by atoms with Gasteiger partial charge in [-0.3, -0.25) is 0 Å². The number of nitrogens with zero attached hydrogens (tertiary/aromatic N) is 5. The van der Waals surface area contributed by atoms with Gasteiger partial charge >= 0.3 is 0 Å². The SMILES string of the molecule is CCc1nc(Sc2nnc(-c3cccs3)n2N)c2ccsc2n1. The molecule has 0 aliphatic carbocycles. The van der Waals surface area contributed by atoms with Crippen LogP contribution in [0.3, 0.4) is 0 Å². The predicted molar refractivity (Wildman–Crippen MR) is 94.4 cm³/mol. The van der Waals surface area contributed by atoms with Crippen molar-refractivity contribution >= 4 is 44.7 Å². The number of nitrogens with two attached hydrogens (primary N) is 1. The largest absolute Gasteiger partial charge is 0.335 e. The van der Waals surface area contributed by atoms with Crippen LogP contribution in [0.25, 0.3) is 20.9 Å². The molecule has 4 aromatic rings. The minimum atomic E-state index is 0.613. The molecule has 4 heterocycles. The standard InChI is InChI=1S/C14H12N6S3/c1-2-10-16-12-8(5-7-22-12)13(17-10)23-14-19-18-11(20(14)15)9-4-3-6-21-9/h3-7H,2,15H2,1H3. The van der Waals surface area contributed by atoms with Crippen molar-refractivity contribution in [2.24, 2.45) is 0 Å². The Labute approximate surface area is 144 Å². The van der Waals surface area contributed by atoms with Gasteiger partial charge in [-0.25, -0.2) is 14.6 Å². The lowest BCUT2D eigenvalue weighted by molar-refractivity contribution is 0.845. The summed E-state index contributed by atoms with van der Waals surface area (Å²) in [5.41, 5.74) is 0. The first-order valence-electron chi connectivity index (χ1n) is 6.92. The second kappa shape index (κ2) is 5.91. The maximum absolute atomic E-state index is 6.17. The molecule has 4 aromatic heterocycles. The molecule has 6 nitrogen and oxygen atoms in total. The highest BCUT2D eigenvalue weighted by molar-refractivity contribution is 7.99. The first-order chi connectivity index (χ1) is 11.3. The molecule has 0 aliphatic heterocycles. The lowest BCUT2D eigenvalue weighted by Gasteiger charge is -2.05. The fraction of sp³-hybridized carbons (Fsp3) is 0.143. The minimum Gasteiger partial charge on any atom is -0.335 e. The molecular weight excluding hydrogens is 348 g/mol. The van der Waals surface area contributed by atoms with E-state index in [1.165, 1.54) is 16.4 Å².